The minimum Gasteiger partial charge on any atom is -0.382 e. The van der Waals surface area contributed by atoms with Crippen molar-refractivity contribution in [2.24, 2.45) is 0 Å². The van der Waals surface area contributed by atoms with Crippen molar-refractivity contribution in [3.63, 3.8) is 0 Å². The zero-order valence-corrected chi connectivity index (χ0v) is 11.9. The van der Waals surface area contributed by atoms with E-state index in [-0.39, 0.29) is 18.6 Å². The van der Waals surface area contributed by atoms with E-state index in [0.717, 1.165) is 11.4 Å². The van der Waals surface area contributed by atoms with E-state index in [1.807, 2.05) is 13.1 Å². The Morgan fingerprint density at radius 1 is 1.56 bits per heavy atom. The molecule has 0 aromatic carbocycles. The summed E-state index contributed by atoms with van der Waals surface area (Å²) in [5.74, 6) is -0.133. The molecule has 0 radical (unpaired) electrons. The third-order valence-corrected chi connectivity index (χ3v) is 3.66. The van der Waals surface area contributed by atoms with E-state index in [1.54, 1.807) is 18.4 Å². The fraction of sp³-hybridized carbons (Fsp3) is 0.667. The average Bonchev–Trinajstić information content (AvgIpc) is 2.83. The second-order valence-corrected chi connectivity index (χ2v) is 5.00. The molecule has 0 saturated carbocycles. The first-order chi connectivity index (χ1) is 8.67. The highest BCUT2D eigenvalue weighted by Crippen LogP contribution is 2.19. The van der Waals surface area contributed by atoms with E-state index < -0.39 is 0 Å². The minimum atomic E-state index is -0.133. The van der Waals surface area contributed by atoms with Gasteiger partial charge in [0.25, 0.3) is 0 Å². The fourth-order valence-electron chi connectivity index (χ4n) is 1.34. The number of aromatic nitrogens is 1. The van der Waals surface area contributed by atoms with Crippen LogP contribution in [0.2, 0.25) is 0 Å². The number of amides is 1. The monoisotopic (exact) mass is 272 g/mol. The van der Waals surface area contributed by atoms with Crippen LogP contribution in [0.1, 0.15) is 29.8 Å². The molecule has 0 aliphatic heterocycles. The molecule has 1 unspecified atom stereocenters. The van der Waals surface area contributed by atoms with Crippen LogP contribution in [0.3, 0.4) is 0 Å². The average molecular weight is 272 g/mol. The van der Waals surface area contributed by atoms with E-state index in [0.29, 0.717) is 13.2 Å². The van der Waals surface area contributed by atoms with Crippen LogP contribution in [0.25, 0.3) is 0 Å². The van der Waals surface area contributed by atoms with Crippen molar-refractivity contribution in [2.75, 3.05) is 26.9 Å². The molecule has 0 bridgehead atoms. The van der Waals surface area contributed by atoms with Crippen molar-refractivity contribution in [1.29, 1.82) is 0 Å². The Balaban J connectivity index is 2.30. The van der Waals surface area contributed by atoms with Crippen LogP contribution in [0.15, 0.2) is 6.20 Å². The van der Waals surface area contributed by atoms with Gasteiger partial charge in [0.1, 0.15) is 11.6 Å². The van der Waals surface area contributed by atoms with Gasteiger partial charge in [-0.15, -0.1) is 11.3 Å². The summed E-state index contributed by atoms with van der Waals surface area (Å²) in [5.41, 5.74) is 0. The Hall–Kier alpha value is -0.980. The van der Waals surface area contributed by atoms with E-state index >= 15 is 0 Å². The summed E-state index contributed by atoms with van der Waals surface area (Å²) in [4.78, 5) is 17.1. The summed E-state index contributed by atoms with van der Waals surface area (Å²) in [7, 11) is 1.60. The number of carbonyl (C=O) groups excluding carboxylic acids is 1. The minimum absolute atomic E-state index is 0.0553. The molecule has 1 atom stereocenters. The molecule has 0 fully saturated rings. The van der Waals surface area contributed by atoms with Gasteiger partial charge in [0, 0.05) is 18.2 Å². The number of ether oxygens (including phenoxy) is 2. The molecule has 1 amide bonds. The van der Waals surface area contributed by atoms with Gasteiger partial charge in [-0.05, 0) is 13.3 Å². The number of nitrogens with zero attached hydrogens (tertiary/aromatic N) is 1. The molecule has 1 aromatic heterocycles. The summed E-state index contributed by atoms with van der Waals surface area (Å²) < 4.78 is 9.97. The molecule has 102 valence electrons. The fourth-order valence-corrected chi connectivity index (χ4v) is 2.20. The van der Waals surface area contributed by atoms with E-state index in [1.165, 1.54) is 4.88 Å². The summed E-state index contributed by atoms with van der Waals surface area (Å²) >= 11 is 1.63. The van der Waals surface area contributed by atoms with Gasteiger partial charge in [-0.2, -0.15) is 0 Å². The summed E-state index contributed by atoms with van der Waals surface area (Å²) in [5, 5.41) is 3.78. The first-order valence-corrected chi connectivity index (χ1v) is 6.79. The number of rotatable bonds is 8. The van der Waals surface area contributed by atoms with Gasteiger partial charge in [0.15, 0.2) is 0 Å². The van der Waals surface area contributed by atoms with Crippen LogP contribution in [0.4, 0.5) is 0 Å². The lowest BCUT2D eigenvalue weighted by Crippen LogP contribution is -2.30. The SMILES string of the molecule is CCc1cnc(C(C)NC(=O)COCCOC)s1. The van der Waals surface area contributed by atoms with Gasteiger partial charge in [0.05, 0.1) is 19.3 Å². The second-order valence-electron chi connectivity index (χ2n) is 3.85. The first kappa shape index (κ1) is 15.1. The molecule has 1 aromatic rings. The quantitative estimate of drug-likeness (QED) is 0.729. The lowest BCUT2D eigenvalue weighted by atomic mass is 10.3. The van der Waals surface area contributed by atoms with E-state index in [4.69, 9.17) is 9.47 Å². The number of aryl methyl sites for hydroxylation is 1. The molecular formula is C12H20N2O3S. The molecule has 1 heterocycles. The molecule has 5 nitrogen and oxygen atoms in total. The second kappa shape index (κ2) is 8.18. The van der Waals surface area contributed by atoms with Crippen molar-refractivity contribution in [2.45, 2.75) is 26.3 Å². The lowest BCUT2D eigenvalue weighted by Gasteiger charge is -2.11. The van der Waals surface area contributed by atoms with Gasteiger partial charge in [0.2, 0.25) is 5.91 Å². The van der Waals surface area contributed by atoms with Crippen molar-refractivity contribution < 1.29 is 14.3 Å². The molecule has 0 spiro atoms. The Morgan fingerprint density at radius 2 is 2.33 bits per heavy atom. The third-order valence-electron chi connectivity index (χ3n) is 2.33. The van der Waals surface area contributed by atoms with Gasteiger partial charge >= 0.3 is 0 Å². The standard InChI is InChI=1S/C12H20N2O3S/c1-4-10-7-13-12(18-10)9(2)14-11(15)8-17-6-5-16-3/h7,9H,4-6,8H2,1-3H3,(H,14,15). The molecule has 1 N–H and O–H groups in total. The molecule has 0 aliphatic rings. The highest BCUT2D eigenvalue weighted by molar-refractivity contribution is 7.11. The predicted molar refractivity (Wildman–Crippen MR) is 70.7 cm³/mol. The van der Waals surface area contributed by atoms with Gasteiger partial charge in [-0.25, -0.2) is 4.98 Å². The lowest BCUT2D eigenvalue weighted by molar-refractivity contribution is -0.126. The Morgan fingerprint density at radius 3 is 2.94 bits per heavy atom. The number of nitrogens with one attached hydrogen (secondary N) is 1. The van der Waals surface area contributed by atoms with Crippen LogP contribution in [-0.2, 0) is 20.7 Å². The predicted octanol–water partition coefficient (Wildman–Crippen LogP) is 1.55. The molecule has 0 aliphatic carbocycles. The topological polar surface area (TPSA) is 60.5 Å². The van der Waals surface area contributed by atoms with Crippen molar-refractivity contribution in [1.82, 2.24) is 10.3 Å². The zero-order chi connectivity index (χ0) is 13.4. The maximum Gasteiger partial charge on any atom is 0.246 e. The normalized spacial score (nSPS) is 12.4. The summed E-state index contributed by atoms with van der Waals surface area (Å²) in [6.45, 7) is 4.99. The summed E-state index contributed by atoms with van der Waals surface area (Å²) in [6.07, 6.45) is 2.83. The highest BCUT2D eigenvalue weighted by Gasteiger charge is 2.12. The van der Waals surface area contributed by atoms with Crippen LogP contribution < -0.4 is 5.32 Å². The Labute approximate surface area is 112 Å². The maximum absolute atomic E-state index is 11.6. The first-order valence-electron chi connectivity index (χ1n) is 5.98. The van der Waals surface area contributed by atoms with E-state index in [9.17, 15) is 4.79 Å². The molecular weight excluding hydrogens is 252 g/mol. The van der Waals surface area contributed by atoms with Crippen LogP contribution in [-0.4, -0.2) is 37.8 Å². The number of methoxy groups -OCH3 is 1. The highest BCUT2D eigenvalue weighted by atomic mass is 32.1. The molecule has 1 rings (SSSR count). The summed E-state index contributed by atoms with van der Waals surface area (Å²) in [6, 6.07) is -0.0752. The van der Waals surface area contributed by atoms with Gasteiger partial charge in [-0.3, -0.25) is 4.79 Å². The van der Waals surface area contributed by atoms with Crippen LogP contribution >= 0.6 is 11.3 Å². The molecule has 0 saturated heterocycles. The van der Waals surface area contributed by atoms with Gasteiger partial charge < -0.3 is 14.8 Å². The number of hydrogen-bond donors (Lipinski definition) is 1. The smallest absolute Gasteiger partial charge is 0.246 e. The Bertz CT molecular complexity index is 368. The number of hydrogen-bond acceptors (Lipinski definition) is 5. The van der Waals surface area contributed by atoms with Crippen LogP contribution in [0.5, 0.6) is 0 Å². The molecule has 6 heteroatoms. The van der Waals surface area contributed by atoms with Crippen molar-refractivity contribution in [3.8, 4) is 0 Å². The number of thiazole rings is 1. The zero-order valence-electron chi connectivity index (χ0n) is 11.1. The molecule has 18 heavy (non-hydrogen) atoms. The van der Waals surface area contributed by atoms with Crippen LogP contribution in [0, 0.1) is 0 Å². The van der Waals surface area contributed by atoms with Gasteiger partial charge in [-0.1, -0.05) is 6.92 Å². The van der Waals surface area contributed by atoms with E-state index in [2.05, 4.69) is 17.2 Å². The largest absolute Gasteiger partial charge is 0.382 e. The number of carbonyl (C=O) groups is 1. The van der Waals surface area contributed by atoms with Crippen molar-refractivity contribution in [3.05, 3.63) is 16.1 Å². The van der Waals surface area contributed by atoms with Crippen molar-refractivity contribution >= 4 is 17.2 Å². The third kappa shape index (κ3) is 5.12. The maximum atomic E-state index is 11.6. The Kier molecular flexibility index (Phi) is 6.85.